The lowest BCUT2D eigenvalue weighted by Crippen LogP contribution is -2.58. The van der Waals surface area contributed by atoms with E-state index in [0.29, 0.717) is 6.42 Å². The summed E-state index contributed by atoms with van der Waals surface area (Å²) in [6.07, 6.45) is 0.289. The zero-order chi connectivity index (χ0) is 27.1. The van der Waals surface area contributed by atoms with Crippen LogP contribution in [0.5, 0.6) is 0 Å². The van der Waals surface area contributed by atoms with E-state index in [4.69, 9.17) is 22.9 Å². The van der Waals surface area contributed by atoms with Gasteiger partial charge in [0.25, 0.3) is 0 Å². The Balaban J connectivity index is 5.36. The van der Waals surface area contributed by atoms with Gasteiger partial charge in [0, 0.05) is 13.0 Å². The second-order valence-corrected chi connectivity index (χ2v) is 8.07. The molecule has 0 saturated heterocycles. The van der Waals surface area contributed by atoms with Crippen molar-refractivity contribution in [2.24, 2.45) is 33.8 Å². The quantitative estimate of drug-likeness (QED) is 0.0531. The number of aliphatic imine (C=N–C) groups is 1. The molecule has 15 nitrogen and oxygen atoms in total. The van der Waals surface area contributed by atoms with Crippen LogP contribution in [0.1, 0.15) is 46.0 Å². The normalized spacial score (nSPS) is 15.0. The summed E-state index contributed by atoms with van der Waals surface area (Å²) in [5.74, 6) is -4.93. The minimum Gasteiger partial charge on any atom is -0.480 e. The van der Waals surface area contributed by atoms with E-state index < -0.39 is 60.4 Å². The smallest absolute Gasteiger partial charge is 0.326 e. The first-order valence-electron chi connectivity index (χ1n) is 11.2. The zero-order valence-electron chi connectivity index (χ0n) is 20.0. The number of aliphatic hydroxyl groups excluding tert-OH is 1. The van der Waals surface area contributed by atoms with Crippen LogP contribution < -0.4 is 38.9 Å². The largest absolute Gasteiger partial charge is 0.480 e. The van der Waals surface area contributed by atoms with E-state index in [9.17, 15) is 34.2 Å². The third-order valence-corrected chi connectivity index (χ3v) is 5.25. The minimum absolute atomic E-state index is 0.0167. The molecule has 200 valence electrons. The number of aliphatic hydroxyl groups is 1. The van der Waals surface area contributed by atoms with Gasteiger partial charge < -0.3 is 49.1 Å². The van der Waals surface area contributed by atoms with Crippen LogP contribution in [-0.4, -0.2) is 83.1 Å². The van der Waals surface area contributed by atoms with Gasteiger partial charge in [-0.15, -0.1) is 0 Å². The molecular weight excluding hydrogens is 464 g/mol. The van der Waals surface area contributed by atoms with Gasteiger partial charge in [-0.05, 0) is 25.2 Å². The van der Waals surface area contributed by atoms with Gasteiger partial charge in [-0.2, -0.15) is 0 Å². The summed E-state index contributed by atoms with van der Waals surface area (Å²) in [5.41, 5.74) is 21.4. The van der Waals surface area contributed by atoms with Crippen molar-refractivity contribution < 1.29 is 34.2 Å². The molecule has 0 aromatic heterocycles. The molecule has 0 aromatic carbocycles. The number of carboxylic acid groups (broad SMARTS) is 1. The van der Waals surface area contributed by atoms with Crippen molar-refractivity contribution in [2.45, 2.75) is 70.1 Å². The summed E-state index contributed by atoms with van der Waals surface area (Å²) in [4.78, 5) is 64.2. The van der Waals surface area contributed by atoms with E-state index in [1.807, 2.05) is 6.92 Å². The van der Waals surface area contributed by atoms with Crippen molar-refractivity contribution in [2.75, 3.05) is 13.2 Å². The lowest BCUT2D eigenvalue weighted by atomic mass is 9.99. The lowest BCUT2D eigenvalue weighted by Gasteiger charge is -2.25. The standard InChI is InChI=1S/C20H38N8O7/c1-3-10(2)15(22)18(33)28-13(9-29)17(32)26-11(6-7-14(21)30)16(31)27-12(19(34)35)5-4-8-25-20(23)24/h10-13,15,29H,3-9,22H2,1-2H3,(H2,21,30)(H,26,32)(H,27,31)(H,28,33)(H,34,35)(H4,23,24,25). The van der Waals surface area contributed by atoms with Crippen LogP contribution in [0.25, 0.3) is 0 Å². The molecule has 0 saturated carbocycles. The van der Waals surface area contributed by atoms with Gasteiger partial charge in [-0.25, -0.2) is 4.79 Å². The fourth-order valence-electron chi connectivity index (χ4n) is 2.84. The van der Waals surface area contributed by atoms with Crippen molar-refractivity contribution in [3.8, 4) is 0 Å². The highest BCUT2D eigenvalue weighted by Crippen LogP contribution is 2.06. The molecule has 0 fully saturated rings. The molecule has 5 unspecified atom stereocenters. The number of carbonyl (C=O) groups excluding carboxylic acids is 4. The molecule has 0 rings (SSSR count). The van der Waals surface area contributed by atoms with Crippen LogP contribution in [0, 0.1) is 5.92 Å². The lowest BCUT2D eigenvalue weighted by molar-refractivity contribution is -0.142. The molecule has 4 amide bonds. The zero-order valence-corrected chi connectivity index (χ0v) is 20.0. The summed E-state index contributed by atoms with van der Waals surface area (Å²) in [7, 11) is 0. The second kappa shape index (κ2) is 16.2. The first kappa shape index (κ1) is 31.5. The highest BCUT2D eigenvalue weighted by Gasteiger charge is 2.30. The van der Waals surface area contributed by atoms with E-state index >= 15 is 0 Å². The number of hydrogen-bond acceptors (Lipinski definition) is 8. The molecule has 35 heavy (non-hydrogen) atoms. The Morgan fingerprint density at radius 2 is 1.43 bits per heavy atom. The summed E-state index contributed by atoms with van der Waals surface area (Å²) in [6, 6.07) is -5.06. The molecule has 0 heterocycles. The van der Waals surface area contributed by atoms with E-state index in [0.717, 1.165) is 0 Å². The first-order chi connectivity index (χ1) is 16.3. The fourth-order valence-corrected chi connectivity index (χ4v) is 2.84. The average molecular weight is 503 g/mol. The Morgan fingerprint density at radius 3 is 1.91 bits per heavy atom. The van der Waals surface area contributed by atoms with Crippen molar-refractivity contribution >= 4 is 35.6 Å². The summed E-state index contributed by atoms with van der Waals surface area (Å²) in [5, 5.41) is 25.9. The number of amides is 4. The number of nitrogens with zero attached hydrogens (tertiary/aromatic N) is 1. The maximum atomic E-state index is 12.7. The Bertz CT molecular complexity index is 773. The highest BCUT2D eigenvalue weighted by atomic mass is 16.4. The van der Waals surface area contributed by atoms with Crippen LogP contribution >= 0.6 is 0 Å². The SMILES string of the molecule is CCC(C)C(N)C(=O)NC(CO)C(=O)NC(CCC(N)=O)C(=O)NC(CCCN=C(N)N)C(=O)O. The number of carbonyl (C=O) groups is 5. The number of primary amides is 1. The van der Waals surface area contributed by atoms with Crippen molar-refractivity contribution in [3.63, 3.8) is 0 Å². The molecule has 0 aliphatic heterocycles. The van der Waals surface area contributed by atoms with Crippen molar-refractivity contribution in [1.29, 1.82) is 0 Å². The molecular formula is C20H38N8O7. The summed E-state index contributed by atoms with van der Waals surface area (Å²) in [6.45, 7) is 2.93. The first-order valence-corrected chi connectivity index (χ1v) is 11.2. The van der Waals surface area contributed by atoms with Gasteiger partial charge in [-0.1, -0.05) is 20.3 Å². The monoisotopic (exact) mass is 502 g/mol. The van der Waals surface area contributed by atoms with Crippen molar-refractivity contribution in [3.05, 3.63) is 0 Å². The molecule has 15 heteroatoms. The molecule has 0 spiro atoms. The fraction of sp³-hybridized carbons (Fsp3) is 0.700. The molecule has 0 aromatic rings. The van der Waals surface area contributed by atoms with Crippen LogP contribution in [0.4, 0.5) is 0 Å². The van der Waals surface area contributed by atoms with Gasteiger partial charge in [0.1, 0.15) is 18.1 Å². The number of guanidine groups is 1. The van der Waals surface area contributed by atoms with Gasteiger partial charge >= 0.3 is 5.97 Å². The maximum absolute atomic E-state index is 12.7. The van der Waals surface area contributed by atoms with Crippen LogP contribution in [0.15, 0.2) is 4.99 Å². The molecule has 0 radical (unpaired) electrons. The second-order valence-electron chi connectivity index (χ2n) is 8.07. The topological polar surface area (TPSA) is 278 Å². The van der Waals surface area contributed by atoms with Gasteiger partial charge in [0.15, 0.2) is 5.96 Å². The maximum Gasteiger partial charge on any atom is 0.326 e. The highest BCUT2D eigenvalue weighted by molar-refractivity contribution is 5.94. The van der Waals surface area contributed by atoms with Crippen molar-refractivity contribution in [1.82, 2.24) is 16.0 Å². The third-order valence-electron chi connectivity index (χ3n) is 5.25. The molecule has 0 aliphatic rings. The Labute approximate surface area is 203 Å². The van der Waals surface area contributed by atoms with Gasteiger partial charge in [-0.3, -0.25) is 24.2 Å². The Morgan fingerprint density at radius 1 is 0.886 bits per heavy atom. The van der Waals surface area contributed by atoms with Crippen LogP contribution in [0.2, 0.25) is 0 Å². The average Bonchev–Trinajstić information content (AvgIpc) is 2.79. The van der Waals surface area contributed by atoms with E-state index in [-0.39, 0.29) is 44.1 Å². The number of hydrogen-bond donors (Lipinski definition) is 9. The third kappa shape index (κ3) is 12.5. The number of rotatable bonds is 17. The number of nitrogens with one attached hydrogen (secondary N) is 3. The number of nitrogens with two attached hydrogens (primary N) is 4. The van der Waals surface area contributed by atoms with Gasteiger partial charge in [0.2, 0.25) is 23.6 Å². The summed E-state index contributed by atoms with van der Waals surface area (Å²) >= 11 is 0. The summed E-state index contributed by atoms with van der Waals surface area (Å²) < 4.78 is 0. The number of aliphatic carboxylic acids is 1. The Kier molecular flexibility index (Phi) is 14.6. The van der Waals surface area contributed by atoms with Gasteiger partial charge in [0.05, 0.1) is 12.6 Å². The minimum atomic E-state index is -1.43. The van der Waals surface area contributed by atoms with E-state index in [1.165, 1.54) is 0 Å². The molecule has 0 bridgehead atoms. The molecule has 0 aliphatic carbocycles. The van der Waals surface area contributed by atoms with Crippen LogP contribution in [0.3, 0.4) is 0 Å². The van der Waals surface area contributed by atoms with E-state index in [1.54, 1.807) is 6.92 Å². The predicted octanol–water partition coefficient (Wildman–Crippen LogP) is -3.79. The van der Waals surface area contributed by atoms with Crippen LogP contribution in [-0.2, 0) is 24.0 Å². The van der Waals surface area contributed by atoms with E-state index in [2.05, 4.69) is 20.9 Å². The molecule has 13 N–H and O–H groups in total. The predicted molar refractivity (Wildman–Crippen MR) is 126 cm³/mol. The molecule has 5 atom stereocenters. The number of carboxylic acids is 1. The Hall–Kier alpha value is -3.46.